The SMILES string of the molecule is CC(=O)OC1CCN(CC[18F])C1. The second kappa shape index (κ2) is 4.40. The third-order valence-electron chi connectivity index (χ3n) is 1.96. The van der Waals surface area contributed by atoms with Crippen molar-refractivity contribution in [1.29, 1.82) is 0 Å². The first-order valence-electron chi connectivity index (χ1n) is 4.18. The number of ether oxygens (including phenoxy) is 1. The number of nitrogens with zero attached hydrogens (tertiary/aromatic N) is 1. The summed E-state index contributed by atoms with van der Waals surface area (Å²) in [4.78, 5) is 12.5. The highest BCUT2D eigenvalue weighted by Crippen LogP contribution is 2.11. The molecule has 1 saturated heterocycles. The van der Waals surface area contributed by atoms with Crippen LogP contribution in [0.15, 0.2) is 0 Å². The van der Waals surface area contributed by atoms with Crippen LogP contribution in [0.1, 0.15) is 13.3 Å². The second-order valence-electron chi connectivity index (χ2n) is 3.01. The van der Waals surface area contributed by atoms with Crippen molar-refractivity contribution >= 4 is 5.97 Å². The lowest BCUT2D eigenvalue weighted by molar-refractivity contribution is -0.145. The van der Waals surface area contributed by atoms with E-state index in [-0.39, 0.29) is 18.7 Å². The Kier molecular flexibility index (Phi) is 3.47. The van der Waals surface area contributed by atoms with Gasteiger partial charge in [0.1, 0.15) is 12.8 Å². The Morgan fingerprint density at radius 2 is 2.50 bits per heavy atom. The summed E-state index contributed by atoms with van der Waals surface area (Å²) in [6.45, 7) is 3.05. The predicted molar refractivity (Wildman–Crippen MR) is 42.6 cm³/mol. The van der Waals surface area contributed by atoms with Gasteiger partial charge in [-0.2, -0.15) is 0 Å². The van der Waals surface area contributed by atoms with Gasteiger partial charge in [0.2, 0.25) is 0 Å². The fourth-order valence-electron chi connectivity index (χ4n) is 1.45. The number of carbonyl (C=O) groups excluding carboxylic acids is 1. The van der Waals surface area contributed by atoms with E-state index in [1.165, 1.54) is 6.92 Å². The molecule has 0 amide bonds. The van der Waals surface area contributed by atoms with Crippen LogP contribution in [0.25, 0.3) is 0 Å². The molecule has 12 heavy (non-hydrogen) atoms. The summed E-state index contributed by atoms with van der Waals surface area (Å²) in [6, 6.07) is 0. The number of alkyl halides is 1. The fraction of sp³-hybridized carbons (Fsp3) is 0.875. The second-order valence-corrected chi connectivity index (χ2v) is 3.01. The minimum atomic E-state index is -0.327. The Labute approximate surface area is 71.5 Å². The van der Waals surface area contributed by atoms with Crippen LogP contribution < -0.4 is 0 Å². The van der Waals surface area contributed by atoms with Gasteiger partial charge in [-0.05, 0) is 6.42 Å². The van der Waals surface area contributed by atoms with Gasteiger partial charge in [0.05, 0.1) is 0 Å². The summed E-state index contributed by atoms with van der Waals surface area (Å²) in [7, 11) is 0. The van der Waals surface area contributed by atoms with Crippen molar-refractivity contribution in [2.24, 2.45) is 0 Å². The molecule has 70 valence electrons. The van der Waals surface area contributed by atoms with Crippen molar-refractivity contribution in [3.05, 3.63) is 0 Å². The lowest BCUT2D eigenvalue weighted by Gasteiger charge is -2.13. The normalized spacial score (nSPS) is 24.3. The molecule has 0 radical (unpaired) electrons. The van der Waals surface area contributed by atoms with Gasteiger partial charge in [0.25, 0.3) is 0 Å². The molecule has 1 rings (SSSR count). The van der Waals surface area contributed by atoms with Gasteiger partial charge in [0.15, 0.2) is 0 Å². The van der Waals surface area contributed by atoms with Crippen molar-refractivity contribution in [2.75, 3.05) is 26.3 Å². The maximum Gasteiger partial charge on any atom is 0.302 e. The fourth-order valence-corrected chi connectivity index (χ4v) is 1.45. The van der Waals surface area contributed by atoms with Crippen molar-refractivity contribution in [3.8, 4) is 0 Å². The van der Waals surface area contributed by atoms with Crippen molar-refractivity contribution in [1.82, 2.24) is 4.90 Å². The molecule has 1 fully saturated rings. The summed E-state index contributed by atoms with van der Waals surface area (Å²) in [5.74, 6) is -0.248. The molecule has 1 aliphatic rings. The molecule has 0 N–H and O–H groups in total. The van der Waals surface area contributed by atoms with E-state index in [1.807, 2.05) is 4.90 Å². The molecule has 1 atom stereocenters. The van der Waals surface area contributed by atoms with Gasteiger partial charge in [-0.1, -0.05) is 0 Å². The van der Waals surface area contributed by atoms with Gasteiger partial charge in [0, 0.05) is 26.6 Å². The molecule has 0 aromatic rings. The number of hydrogen-bond acceptors (Lipinski definition) is 3. The van der Waals surface area contributed by atoms with E-state index < -0.39 is 0 Å². The van der Waals surface area contributed by atoms with Gasteiger partial charge >= 0.3 is 5.97 Å². The molecule has 0 aliphatic carbocycles. The number of carbonyl (C=O) groups is 1. The molecule has 0 saturated carbocycles. The maximum atomic E-state index is 11.9. The summed E-state index contributed by atoms with van der Waals surface area (Å²) in [5.41, 5.74) is 0. The van der Waals surface area contributed by atoms with E-state index in [4.69, 9.17) is 4.74 Å². The highest BCUT2D eigenvalue weighted by atomic mass is 18.2. The van der Waals surface area contributed by atoms with Crippen molar-refractivity contribution in [3.63, 3.8) is 0 Å². The van der Waals surface area contributed by atoms with E-state index in [9.17, 15) is 9.18 Å². The Morgan fingerprint density at radius 3 is 3.08 bits per heavy atom. The quantitative estimate of drug-likeness (QED) is 0.586. The molecular weight excluding hydrogens is 160 g/mol. The zero-order valence-corrected chi connectivity index (χ0v) is 7.25. The predicted octanol–water partition coefficient (Wildman–Crippen LogP) is 0.593. The third-order valence-corrected chi connectivity index (χ3v) is 1.96. The first-order valence-corrected chi connectivity index (χ1v) is 4.18. The minimum absolute atomic E-state index is 0.0194. The average molecular weight is 174 g/mol. The summed E-state index contributed by atoms with van der Waals surface area (Å²) < 4.78 is 16.9. The van der Waals surface area contributed by atoms with E-state index in [2.05, 4.69) is 0 Å². The van der Waals surface area contributed by atoms with E-state index >= 15 is 0 Å². The zero-order chi connectivity index (χ0) is 8.97. The van der Waals surface area contributed by atoms with Crippen molar-refractivity contribution in [2.45, 2.75) is 19.4 Å². The van der Waals surface area contributed by atoms with Gasteiger partial charge in [-0.3, -0.25) is 9.69 Å². The first kappa shape index (κ1) is 9.45. The number of rotatable bonds is 3. The largest absolute Gasteiger partial charge is 0.461 e. The molecule has 4 heteroatoms. The molecule has 1 unspecified atom stereocenters. The van der Waals surface area contributed by atoms with Crippen LogP contribution in [0.3, 0.4) is 0 Å². The molecule has 0 spiro atoms. The van der Waals surface area contributed by atoms with E-state index in [0.717, 1.165) is 13.0 Å². The van der Waals surface area contributed by atoms with Crippen molar-refractivity contribution < 1.29 is 13.9 Å². The van der Waals surface area contributed by atoms with Gasteiger partial charge in [-0.25, -0.2) is 4.39 Å². The van der Waals surface area contributed by atoms with Crippen LogP contribution in [0.2, 0.25) is 0 Å². The Morgan fingerprint density at radius 1 is 1.75 bits per heavy atom. The molecule has 0 aromatic carbocycles. The number of esters is 1. The highest BCUT2D eigenvalue weighted by Gasteiger charge is 2.23. The lowest BCUT2D eigenvalue weighted by atomic mass is 10.3. The topological polar surface area (TPSA) is 29.5 Å². The van der Waals surface area contributed by atoms with Crippen LogP contribution in [0.5, 0.6) is 0 Å². The van der Waals surface area contributed by atoms with Crippen LogP contribution in [-0.2, 0) is 9.53 Å². The Balaban J connectivity index is 2.21. The standard InChI is InChI=1S/C8H14FNO2/c1-7(11)12-8-2-4-10(6-8)5-3-9/h8H,2-6H2,1H3/i9-1. The summed E-state index contributed by atoms with van der Waals surface area (Å²) >= 11 is 0. The molecule has 0 aromatic heterocycles. The molecule has 1 aliphatic heterocycles. The third kappa shape index (κ3) is 2.77. The highest BCUT2D eigenvalue weighted by molar-refractivity contribution is 5.66. The number of halogens is 1. The van der Waals surface area contributed by atoms with E-state index in [0.29, 0.717) is 13.1 Å². The molecule has 0 bridgehead atoms. The Hall–Kier alpha value is -0.640. The summed E-state index contributed by atoms with van der Waals surface area (Å²) in [5, 5.41) is 0. The molecular formula is C8H14FNO2. The van der Waals surface area contributed by atoms with Crippen LogP contribution in [0.4, 0.5) is 4.39 Å². The number of likely N-dealkylation sites (tertiary alicyclic amines) is 1. The lowest BCUT2D eigenvalue weighted by Crippen LogP contribution is -2.26. The average Bonchev–Trinajstić information content (AvgIpc) is 2.36. The zero-order valence-electron chi connectivity index (χ0n) is 7.25. The molecule has 1 heterocycles. The molecule has 3 nitrogen and oxygen atoms in total. The van der Waals surface area contributed by atoms with Crippen LogP contribution in [0, 0.1) is 0 Å². The minimum Gasteiger partial charge on any atom is -0.461 e. The summed E-state index contributed by atoms with van der Waals surface area (Å²) in [6.07, 6.45) is 0.814. The van der Waals surface area contributed by atoms with Gasteiger partial charge < -0.3 is 4.74 Å². The maximum absolute atomic E-state index is 11.9. The first-order chi connectivity index (χ1) is 5.72. The monoisotopic (exact) mass is 174 g/mol. The van der Waals surface area contributed by atoms with Gasteiger partial charge in [-0.15, -0.1) is 0 Å². The van der Waals surface area contributed by atoms with Crippen LogP contribution >= 0.6 is 0 Å². The smallest absolute Gasteiger partial charge is 0.302 e. The van der Waals surface area contributed by atoms with Crippen LogP contribution in [-0.4, -0.2) is 43.3 Å². The Bertz CT molecular complexity index is 163. The van der Waals surface area contributed by atoms with E-state index in [1.54, 1.807) is 0 Å². The number of hydrogen-bond donors (Lipinski definition) is 0.